The van der Waals surface area contributed by atoms with Crippen molar-refractivity contribution in [1.29, 1.82) is 0 Å². The van der Waals surface area contributed by atoms with E-state index in [4.69, 9.17) is 18.6 Å². The molecule has 0 atom stereocenters. The number of aromatic nitrogens is 2. The lowest BCUT2D eigenvalue weighted by atomic mass is 10.2. The molecule has 0 spiro atoms. The zero-order chi connectivity index (χ0) is 21.0. The molecule has 4 aromatic rings. The molecule has 150 valence electrons. The molecule has 0 unspecified atom stereocenters. The quantitative estimate of drug-likeness (QED) is 0.229. The Kier molecular flexibility index (Phi) is 6.33. The lowest BCUT2D eigenvalue weighted by Gasteiger charge is -2.17. The molecule has 0 aliphatic rings. The number of rotatable bonds is 2. The highest BCUT2D eigenvalue weighted by molar-refractivity contribution is 7.21. The first-order valence-corrected chi connectivity index (χ1v) is 10.3. The number of hydrogen-bond acceptors (Lipinski definition) is 7. The Morgan fingerprint density at radius 3 is 2.31 bits per heavy atom. The van der Waals surface area contributed by atoms with Gasteiger partial charge in [0.15, 0.2) is 5.49 Å². The van der Waals surface area contributed by atoms with E-state index < -0.39 is 10.2 Å². The normalized spacial score (nSPS) is 12.6. The monoisotopic (exact) mass is 433 g/mol. The van der Waals surface area contributed by atoms with Crippen LogP contribution in [0, 0.1) is 10.2 Å². The fourth-order valence-electron chi connectivity index (χ4n) is 2.72. The number of fused-ring (bicyclic) bond motifs is 2. The van der Waals surface area contributed by atoms with Gasteiger partial charge in [-0.25, -0.2) is 23.2 Å². The molecule has 0 N–H and O–H groups in total. The number of para-hydroxylation sites is 2. The molecule has 2 aromatic heterocycles. The van der Waals surface area contributed by atoms with Crippen LogP contribution in [0.25, 0.3) is 21.1 Å². The molecule has 9 nitrogen and oxygen atoms in total. The number of pyridine rings is 1. The van der Waals surface area contributed by atoms with E-state index in [-0.39, 0.29) is 0 Å². The van der Waals surface area contributed by atoms with E-state index in [1.165, 1.54) is 10.1 Å². The van der Waals surface area contributed by atoms with Crippen LogP contribution in [-0.4, -0.2) is 4.57 Å². The molecule has 0 aliphatic carbocycles. The van der Waals surface area contributed by atoms with E-state index in [0.717, 1.165) is 21.7 Å². The third-order valence-electron chi connectivity index (χ3n) is 4.05. The molecule has 0 fully saturated rings. The van der Waals surface area contributed by atoms with Gasteiger partial charge in [0.05, 0.1) is 17.0 Å². The topological polar surface area (TPSA) is 138 Å². The number of benzene rings is 2. The maximum Gasteiger partial charge on any atom is 0.411 e. The lowest BCUT2D eigenvalue weighted by Crippen LogP contribution is -2.68. The van der Waals surface area contributed by atoms with Crippen LogP contribution in [0.4, 0.5) is 5.13 Å². The van der Waals surface area contributed by atoms with Crippen molar-refractivity contribution >= 4 is 37.6 Å². The molecule has 0 saturated carbocycles. The van der Waals surface area contributed by atoms with Crippen molar-refractivity contribution < 1.29 is 33.4 Å². The first kappa shape index (κ1) is 21.0. The molecular formula is C18H16ClN5O4S. The number of nitrogens with zero attached hydrogens (tertiary/aromatic N) is 5. The van der Waals surface area contributed by atoms with E-state index >= 15 is 0 Å². The fraction of sp³-hybridized carbons (Fsp3) is 0.111. The van der Waals surface area contributed by atoms with Crippen LogP contribution < -0.4 is 28.7 Å². The Morgan fingerprint density at radius 1 is 0.931 bits per heavy atom. The van der Waals surface area contributed by atoms with Crippen molar-refractivity contribution in [3.05, 3.63) is 66.2 Å². The highest BCUT2D eigenvalue weighted by atomic mass is 35.7. The minimum Gasteiger partial charge on any atom is -0.327 e. The van der Waals surface area contributed by atoms with E-state index in [9.17, 15) is 0 Å². The third-order valence-corrected chi connectivity index (χ3v) is 5.15. The van der Waals surface area contributed by atoms with Crippen LogP contribution in [0.2, 0.25) is 0 Å². The summed E-state index contributed by atoms with van der Waals surface area (Å²) in [5.74, 6) is 0. The van der Waals surface area contributed by atoms with E-state index in [1.54, 1.807) is 11.3 Å². The second kappa shape index (κ2) is 8.74. The SMILES string of the molecule is Cn1/c(=N/N=N/c2sc3ccccc3[n+]2C)ccc2ccccc21.[O-][Cl+3]([O-])([O-])[O-]. The van der Waals surface area contributed by atoms with Gasteiger partial charge >= 0.3 is 5.13 Å². The van der Waals surface area contributed by atoms with Crippen molar-refractivity contribution in [2.45, 2.75) is 0 Å². The zero-order valence-electron chi connectivity index (χ0n) is 15.4. The summed E-state index contributed by atoms with van der Waals surface area (Å²) in [5, 5.41) is 14.6. The van der Waals surface area contributed by atoms with Gasteiger partial charge in [-0.2, -0.15) is 0 Å². The summed E-state index contributed by atoms with van der Waals surface area (Å²) in [6.07, 6.45) is 0. The van der Waals surface area contributed by atoms with Gasteiger partial charge < -0.3 is 4.57 Å². The van der Waals surface area contributed by atoms with Gasteiger partial charge in [-0.1, -0.05) is 35.4 Å². The minimum absolute atomic E-state index is 0.765. The Bertz CT molecular complexity index is 1240. The van der Waals surface area contributed by atoms with E-state index in [0.29, 0.717) is 0 Å². The summed E-state index contributed by atoms with van der Waals surface area (Å²) in [6, 6.07) is 20.4. The molecule has 2 aromatic carbocycles. The second-order valence-corrected chi connectivity index (χ2v) is 7.65. The Hall–Kier alpha value is -2.73. The van der Waals surface area contributed by atoms with Crippen molar-refractivity contribution in [2.75, 3.05) is 0 Å². The molecule has 0 radical (unpaired) electrons. The molecule has 0 amide bonds. The molecule has 11 heteroatoms. The number of aryl methyl sites for hydroxylation is 2. The zero-order valence-corrected chi connectivity index (χ0v) is 17.0. The van der Waals surface area contributed by atoms with Gasteiger partial charge in [-0.3, -0.25) is 0 Å². The summed E-state index contributed by atoms with van der Waals surface area (Å²) >= 11 is 1.60. The number of hydrogen-bond donors (Lipinski definition) is 0. The maximum absolute atomic E-state index is 8.49. The van der Waals surface area contributed by atoms with Gasteiger partial charge in [0.2, 0.25) is 0 Å². The van der Waals surface area contributed by atoms with Gasteiger partial charge in [0.1, 0.15) is 10.6 Å². The predicted octanol–water partition coefficient (Wildman–Crippen LogP) is -0.939. The summed E-state index contributed by atoms with van der Waals surface area (Å²) in [7, 11) is -0.973. The van der Waals surface area contributed by atoms with Crippen LogP contribution in [-0.2, 0) is 14.1 Å². The van der Waals surface area contributed by atoms with Crippen LogP contribution >= 0.6 is 11.3 Å². The molecule has 4 rings (SSSR count). The third kappa shape index (κ3) is 5.41. The van der Waals surface area contributed by atoms with Crippen molar-refractivity contribution in [3.8, 4) is 0 Å². The first-order chi connectivity index (χ1) is 13.7. The molecule has 29 heavy (non-hydrogen) atoms. The minimum atomic E-state index is -4.94. The molecule has 0 saturated heterocycles. The standard InChI is InChI=1S/C18H16N5S.ClHO4/c1-22-14-8-4-3-7-13(14)11-12-17(22)19-21-20-18-23(2)15-9-5-6-10-16(15)24-18;2-1(3,4)5/h3-12H,1-2H3;(H,2,3,4,5)/q+1;/p-1. The number of thiazole rings is 1. The maximum atomic E-state index is 8.49. The average molecular weight is 434 g/mol. The molecule has 0 bridgehead atoms. The summed E-state index contributed by atoms with van der Waals surface area (Å²) < 4.78 is 39.2. The van der Waals surface area contributed by atoms with Crippen molar-refractivity contribution in [2.24, 2.45) is 29.5 Å². The average Bonchev–Trinajstić information content (AvgIpc) is 2.99. The smallest absolute Gasteiger partial charge is 0.327 e. The molecular weight excluding hydrogens is 418 g/mol. The molecule has 0 aliphatic heterocycles. The van der Waals surface area contributed by atoms with E-state index in [1.807, 2.05) is 59.6 Å². The predicted molar refractivity (Wildman–Crippen MR) is 96.0 cm³/mol. The van der Waals surface area contributed by atoms with Crippen LogP contribution in [0.15, 0.2) is 76.1 Å². The van der Waals surface area contributed by atoms with E-state index in [2.05, 4.69) is 39.7 Å². The van der Waals surface area contributed by atoms with Gasteiger partial charge in [0.25, 0.3) is 0 Å². The fourth-order valence-corrected chi connectivity index (χ4v) is 3.68. The Balaban J connectivity index is 0.000000431. The second-order valence-electron chi connectivity index (χ2n) is 5.89. The highest BCUT2D eigenvalue weighted by Crippen LogP contribution is 2.25. The summed E-state index contributed by atoms with van der Waals surface area (Å²) in [4.78, 5) is 0. The first-order valence-electron chi connectivity index (χ1n) is 8.23. The number of halogens is 1. The Morgan fingerprint density at radius 2 is 1.59 bits per heavy atom. The lowest BCUT2D eigenvalue weighted by molar-refractivity contribution is -2.00. The van der Waals surface area contributed by atoms with Crippen molar-refractivity contribution in [1.82, 2.24) is 4.57 Å². The van der Waals surface area contributed by atoms with Gasteiger partial charge in [0, 0.05) is 12.6 Å². The van der Waals surface area contributed by atoms with Crippen LogP contribution in [0.3, 0.4) is 0 Å². The summed E-state index contributed by atoms with van der Waals surface area (Å²) in [5.41, 5.74) is 3.02. The van der Waals surface area contributed by atoms with Gasteiger partial charge in [-0.05, 0) is 47.1 Å². The molecule has 2 heterocycles. The highest BCUT2D eigenvalue weighted by Gasteiger charge is 2.14. The van der Waals surface area contributed by atoms with Crippen LogP contribution in [0.1, 0.15) is 0 Å². The van der Waals surface area contributed by atoms with Gasteiger partial charge in [-0.15, -0.1) is 10.2 Å². The van der Waals surface area contributed by atoms with Crippen LogP contribution in [0.5, 0.6) is 0 Å². The summed E-state index contributed by atoms with van der Waals surface area (Å²) in [6.45, 7) is 0. The van der Waals surface area contributed by atoms with Crippen molar-refractivity contribution in [3.63, 3.8) is 0 Å². The Labute approximate surface area is 171 Å². The largest absolute Gasteiger partial charge is 0.411 e.